The van der Waals surface area contributed by atoms with Gasteiger partial charge in [0.25, 0.3) is 0 Å². The lowest BCUT2D eigenvalue weighted by Gasteiger charge is -2.13. The summed E-state index contributed by atoms with van der Waals surface area (Å²) >= 11 is 1.50. The molecule has 9 heteroatoms. The van der Waals surface area contributed by atoms with Crippen molar-refractivity contribution in [3.05, 3.63) is 72.1 Å². The number of thiophene rings is 1. The molecule has 34 heavy (non-hydrogen) atoms. The van der Waals surface area contributed by atoms with Crippen molar-refractivity contribution in [1.29, 1.82) is 5.26 Å². The third-order valence-electron chi connectivity index (χ3n) is 5.86. The Morgan fingerprint density at radius 2 is 1.85 bits per heavy atom. The molecule has 0 radical (unpaired) electrons. The van der Waals surface area contributed by atoms with Gasteiger partial charge < -0.3 is 10.3 Å². The van der Waals surface area contributed by atoms with Gasteiger partial charge in [-0.1, -0.05) is 12.1 Å². The number of pyridine rings is 1. The highest BCUT2D eigenvalue weighted by atomic mass is 32.2. The molecular formula is C25H21N5O2S2. The van der Waals surface area contributed by atoms with Crippen LogP contribution in [0.25, 0.3) is 31.6 Å². The number of nitriles is 1. The molecule has 2 aromatic carbocycles. The van der Waals surface area contributed by atoms with Crippen molar-refractivity contribution < 1.29 is 8.42 Å². The molecule has 0 spiro atoms. The van der Waals surface area contributed by atoms with Gasteiger partial charge in [0.15, 0.2) is 0 Å². The molecule has 0 bridgehead atoms. The van der Waals surface area contributed by atoms with E-state index in [0.717, 1.165) is 42.8 Å². The van der Waals surface area contributed by atoms with Gasteiger partial charge in [-0.05, 0) is 54.4 Å². The maximum absolute atomic E-state index is 12.4. The highest BCUT2D eigenvalue weighted by Crippen LogP contribution is 2.39. The second kappa shape index (κ2) is 8.25. The minimum absolute atomic E-state index is 0.241. The van der Waals surface area contributed by atoms with Crippen LogP contribution in [0.1, 0.15) is 11.1 Å². The zero-order valence-electron chi connectivity index (χ0n) is 18.7. The van der Waals surface area contributed by atoms with E-state index in [9.17, 15) is 13.7 Å². The molecule has 3 heterocycles. The van der Waals surface area contributed by atoms with Crippen LogP contribution in [0.3, 0.4) is 0 Å². The summed E-state index contributed by atoms with van der Waals surface area (Å²) in [6.45, 7) is 2.05. The van der Waals surface area contributed by atoms with Crippen LogP contribution < -0.4 is 5.32 Å². The van der Waals surface area contributed by atoms with Crippen LogP contribution in [0.15, 0.2) is 65.8 Å². The van der Waals surface area contributed by atoms with Gasteiger partial charge in [0.1, 0.15) is 10.9 Å². The minimum atomic E-state index is -3.49. The molecule has 0 fully saturated rings. The topological polar surface area (TPSA) is 102 Å². The lowest BCUT2D eigenvalue weighted by molar-refractivity contribution is 0.521. The van der Waals surface area contributed by atoms with E-state index >= 15 is 0 Å². The van der Waals surface area contributed by atoms with Gasteiger partial charge in [0.2, 0.25) is 10.0 Å². The van der Waals surface area contributed by atoms with Crippen molar-refractivity contribution in [1.82, 2.24) is 14.3 Å². The Labute approximate surface area is 201 Å². The molecule has 5 aromatic rings. The Hall–Kier alpha value is -3.71. The number of H-pyrrole nitrogens is 1. The average Bonchev–Trinajstić information content (AvgIpc) is 3.48. The van der Waals surface area contributed by atoms with Gasteiger partial charge in [-0.15, -0.1) is 11.3 Å². The fraction of sp³-hybridized carbons (Fsp3) is 0.120. The molecule has 0 aliphatic rings. The number of nitrogens with zero attached hydrogens (tertiary/aromatic N) is 3. The number of fused-ring (bicyclic) bond motifs is 2. The number of hydrogen-bond acceptors (Lipinski definition) is 6. The second-order valence-electron chi connectivity index (χ2n) is 8.10. The first-order chi connectivity index (χ1) is 16.3. The molecular weight excluding hydrogens is 466 g/mol. The summed E-state index contributed by atoms with van der Waals surface area (Å²) in [4.78, 5) is 9.68. The molecule has 5 rings (SSSR count). The maximum atomic E-state index is 12.4. The van der Waals surface area contributed by atoms with Crippen molar-refractivity contribution in [2.45, 2.75) is 11.8 Å². The fourth-order valence-corrected chi connectivity index (χ4v) is 5.82. The van der Waals surface area contributed by atoms with Crippen LogP contribution in [0.5, 0.6) is 0 Å². The lowest BCUT2D eigenvalue weighted by atomic mass is 10.1. The van der Waals surface area contributed by atoms with Crippen LogP contribution in [-0.2, 0) is 10.0 Å². The van der Waals surface area contributed by atoms with Gasteiger partial charge in [-0.25, -0.2) is 17.7 Å². The normalized spacial score (nSPS) is 11.9. The van der Waals surface area contributed by atoms with Gasteiger partial charge in [-0.3, -0.25) is 0 Å². The van der Waals surface area contributed by atoms with E-state index in [2.05, 4.69) is 21.4 Å². The van der Waals surface area contributed by atoms with Crippen LogP contribution in [0, 0.1) is 18.3 Å². The number of aryl methyl sites for hydroxylation is 1. The Kier molecular flexibility index (Phi) is 5.37. The van der Waals surface area contributed by atoms with Gasteiger partial charge in [0.05, 0.1) is 16.1 Å². The van der Waals surface area contributed by atoms with Crippen molar-refractivity contribution >= 4 is 53.9 Å². The number of benzene rings is 2. The molecule has 0 aliphatic carbocycles. The number of sulfonamides is 1. The quantitative estimate of drug-likeness (QED) is 0.335. The molecule has 2 N–H and O–H groups in total. The van der Waals surface area contributed by atoms with E-state index in [1.54, 1.807) is 30.5 Å². The largest absolute Gasteiger partial charge is 0.361 e. The van der Waals surface area contributed by atoms with Gasteiger partial charge >= 0.3 is 0 Å². The SMILES string of the molecule is Cc1c(Nc2c(C#N)cnc3sc(-c4ccc(S(=O)(=O)N(C)C)cc4)cc23)ccc2[nH]ccc12. The minimum Gasteiger partial charge on any atom is -0.361 e. The lowest BCUT2D eigenvalue weighted by Crippen LogP contribution is -2.22. The number of aromatic nitrogens is 2. The van der Waals surface area contributed by atoms with Gasteiger partial charge in [-0.2, -0.15) is 5.26 Å². The van der Waals surface area contributed by atoms with Crippen molar-refractivity contribution in [3.8, 4) is 16.5 Å². The summed E-state index contributed by atoms with van der Waals surface area (Å²) in [5, 5.41) is 15.2. The summed E-state index contributed by atoms with van der Waals surface area (Å²) in [6, 6.07) is 17.1. The predicted molar refractivity (Wildman–Crippen MR) is 137 cm³/mol. The van der Waals surface area contributed by atoms with Crippen LogP contribution >= 0.6 is 11.3 Å². The van der Waals surface area contributed by atoms with Crippen molar-refractivity contribution in [2.24, 2.45) is 0 Å². The smallest absolute Gasteiger partial charge is 0.242 e. The molecule has 3 aromatic heterocycles. The average molecular weight is 488 g/mol. The summed E-state index contributed by atoms with van der Waals surface area (Å²) in [6.07, 6.45) is 3.49. The Morgan fingerprint density at radius 3 is 2.56 bits per heavy atom. The highest BCUT2D eigenvalue weighted by Gasteiger charge is 2.18. The maximum Gasteiger partial charge on any atom is 0.242 e. The molecule has 7 nitrogen and oxygen atoms in total. The molecule has 170 valence electrons. The Balaban J connectivity index is 1.58. The zero-order chi connectivity index (χ0) is 24.0. The zero-order valence-corrected chi connectivity index (χ0v) is 20.4. The molecule has 0 saturated carbocycles. The Morgan fingerprint density at radius 1 is 1.09 bits per heavy atom. The van der Waals surface area contributed by atoms with E-state index < -0.39 is 10.0 Å². The number of rotatable bonds is 5. The standard InChI is InChI=1S/C25H21N5O2S2/c1-15-19-10-11-27-22(19)9-8-21(15)29-24-17(13-26)14-28-25-20(24)12-23(33-25)16-4-6-18(7-5-16)34(31,32)30(2)3/h4-12,14,27H,1-3H3,(H,28,29). The predicted octanol–water partition coefficient (Wildman–Crippen LogP) is 5.62. The molecule has 0 atom stereocenters. The third-order valence-corrected chi connectivity index (χ3v) is 8.78. The second-order valence-corrected chi connectivity index (χ2v) is 11.3. The van der Waals surface area contributed by atoms with E-state index in [4.69, 9.17) is 0 Å². The van der Waals surface area contributed by atoms with Crippen LogP contribution in [0.4, 0.5) is 11.4 Å². The van der Waals surface area contributed by atoms with Crippen molar-refractivity contribution in [2.75, 3.05) is 19.4 Å². The van der Waals surface area contributed by atoms with Crippen molar-refractivity contribution in [3.63, 3.8) is 0 Å². The summed E-state index contributed by atoms with van der Waals surface area (Å²) < 4.78 is 26.0. The summed E-state index contributed by atoms with van der Waals surface area (Å²) in [7, 11) is -0.467. The molecule has 0 aliphatic heterocycles. The monoisotopic (exact) mass is 487 g/mol. The molecule has 0 amide bonds. The Bertz CT molecular complexity index is 1690. The fourth-order valence-electron chi connectivity index (χ4n) is 3.91. The van der Waals surface area contributed by atoms with E-state index in [0.29, 0.717) is 11.3 Å². The first kappa shape index (κ1) is 22.1. The van der Waals surface area contributed by atoms with Crippen LogP contribution in [0.2, 0.25) is 0 Å². The third kappa shape index (κ3) is 3.62. The number of aromatic amines is 1. The number of anilines is 2. The summed E-state index contributed by atoms with van der Waals surface area (Å²) in [5.41, 5.74) is 5.11. The highest BCUT2D eigenvalue weighted by molar-refractivity contribution is 7.89. The molecule has 0 unspecified atom stereocenters. The van der Waals surface area contributed by atoms with Gasteiger partial charge in [0, 0.05) is 53.3 Å². The van der Waals surface area contributed by atoms with E-state index in [1.165, 1.54) is 29.7 Å². The summed E-state index contributed by atoms with van der Waals surface area (Å²) in [5.74, 6) is 0. The van der Waals surface area contributed by atoms with E-state index in [1.807, 2.05) is 37.4 Å². The number of nitrogens with one attached hydrogen (secondary N) is 2. The first-order valence-corrected chi connectivity index (χ1v) is 12.7. The molecule has 0 saturated heterocycles. The van der Waals surface area contributed by atoms with E-state index in [-0.39, 0.29) is 4.90 Å². The van der Waals surface area contributed by atoms with Crippen LogP contribution in [-0.4, -0.2) is 36.8 Å². The first-order valence-electron chi connectivity index (χ1n) is 10.5. The number of hydrogen-bond donors (Lipinski definition) is 2.